The Labute approximate surface area is 128 Å². The van der Waals surface area contributed by atoms with Crippen LogP contribution < -0.4 is 4.74 Å². The molecule has 0 spiro atoms. The highest BCUT2D eigenvalue weighted by atomic mass is 19.3. The molecule has 7 heteroatoms. The lowest BCUT2D eigenvalue weighted by atomic mass is 10.1. The van der Waals surface area contributed by atoms with E-state index in [4.69, 9.17) is 5.11 Å². The quantitative estimate of drug-likeness (QED) is 0.908. The first-order valence-corrected chi connectivity index (χ1v) is 7.26. The Morgan fingerprint density at radius 2 is 2.14 bits per heavy atom. The standard InChI is InChI=1S/C15H20F2N2O3/c1-2-12-10-18(7-8-19(12)15(20)21)9-11-5-3-4-6-13(11)22-14(16)17/h3-6,12,14H,2,7-10H2,1H3,(H,20,21)/t12-/m1/s1. The third-order valence-corrected chi connectivity index (χ3v) is 3.87. The maximum atomic E-state index is 12.4. The van der Waals surface area contributed by atoms with Crippen molar-refractivity contribution in [3.05, 3.63) is 29.8 Å². The Hall–Kier alpha value is -1.89. The summed E-state index contributed by atoms with van der Waals surface area (Å²) in [4.78, 5) is 14.7. The summed E-state index contributed by atoms with van der Waals surface area (Å²) < 4.78 is 29.4. The van der Waals surface area contributed by atoms with E-state index in [1.54, 1.807) is 18.2 Å². The van der Waals surface area contributed by atoms with Crippen LogP contribution in [0.25, 0.3) is 0 Å². The van der Waals surface area contributed by atoms with Crippen molar-refractivity contribution in [3.8, 4) is 5.75 Å². The van der Waals surface area contributed by atoms with Gasteiger partial charge in [0.05, 0.1) is 0 Å². The number of amides is 1. The van der Waals surface area contributed by atoms with Crippen molar-refractivity contribution in [2.45, 2.75) is 32.5 Å². The molecule has 0 bridgehead atoms. The highest BCUT2D eigenvalue weighted by Gasteiger charge is 2.29. The van der Waals surface area contributed by atoms with Gasteiger partial charge < -0.3 is 14.7 Å². The molecule has 1 saturated heterocycles. The van der Waals surface area contributed by atoms with E-state index in [-0.39, 0.29) is 11.8 Å². The predicted molar refractivity (Wildman–Crippen MR) is 77.2 cm³/mol. The van der Waals surface area contributed by atoms with Crippen LogP contribution in [0, 0.1) is 0 Å². The molecule has 22 heavy (non-hydrogen) atoms. The Kier molecular flexibility index (Phi) is 5.54. The number of carboxylic acid groups (broad SMARTS) is 1. The molecule has 1 aliphatic heterocycles. The van der Waals surface area contributed by atoms with Gasteiger partial charge >= 0.3 is 12.7 Å². The molecule has 122 valence electrons. The second kappa shape index (κ2) is 7.40. The molecular weight excluding hydrogens is 294 g/mol. The summed E-state index contributed by atoms with van der Waals surface area (Å²) in [5.74, 6) is 0.172. The summed E-state index contributed by atoms with van der Waals surface area (Å²) in [6.45, 7) is 1.14. The van der Waals surface area contributed by atoms with Gasteiger partial charge in [-0.2, -0.15) is 8.78 Å². The number of benzene rings is 1. The van der Waals surface area contributed by atoms with E-state index in [1.165, 1.54) is 11.0 Å². The largest absolute Gasteiger partial charge is 0.465 e. The number of nitrogens with zero attached hydrogens (tertiary/aromatic N) is 2. The van der Waals surface area contributed by atoms with Crippen molar-refractivity contribution < 1.29 is 23.4 Å². The number of ether oxygens (including phenoxy) is 1. The molecule has 0 saturated carbocycles. The van der Waals surface area contributed by atoms with Crippen LogP contribution in [0.3, 0.4) is 0 Å². The Morgan fingerprint density at radius 1 is 1.41 bits per heavy atom. The molecule has 1 fully saturated rings. The molecule has 1 aliphatic rings. The highest BCUT2D eigenvalue weighted by molar-refractivity contribution is 5.65. The van der Waals surface area contributed by atoms with Gasteiger partial charge in [0.2, 0.25) is 0 Å². The number of carbonyl (C=O) groups is 1. The maximum Gasteiger partial charge on any atom is 0.407 e. The van der Waals surface area contributed by atoms with E-state index in [1.807, 2.05) is 6.92 Å². The van der Waals surface area contributed by atoms with Crippen LogP contribution in [-0.4, -0.2) is 53.3 Å². The van der Waals surface area contributed by atoms with Gasteiger partial charge in [-0.25, -0.2) is 4.79 Å². The van der Waals surface area contributed by atoms with Crippen molar-refractivity contribution in [2.75, 3.05) is 19.6 Å². The zero-order chi connectivity index (χ0) is 16.1. The lowest BCUT2D eigenvalue weighted by Crippen LogP contribution is -2.54. The number of rotatable bonds is 5. The average molecular weight is 314 g/mol. The Bertz CT molecular complexity index is 513. The zero-order valence-electron chi connectivity index (χ0n) is 12.4. The van der Waals surface area contributed by atoms with Crippen LogP contribution in [-0.2, 0) is 6.54 Å². The molecule has 1 heterocycles. The first-order chi connectivity index (χ1) is 10.5. The van der Waals surface area contributed by atoms with Crippen LogP contribution in [0.15, 0.2) is 24.3 Å². The van der Waals surface area contributed by atoms with E-state index < -0.39 is 12.7 Å². The van der Waals surface area contributed by atoms with Gasteiger partial charge in [-0.05, 0) is 12.5 Å². The SMILES string of the molecule is CC[C@@H]1CN(Cc2ccccc2OC(F)F)CCN1C(=O)O. The second-order valence-corrected chi connectivity index (χ2v) is 5.26. The van der Waals surface area contributed by atoms with Crippen LogP contribution in [0.4, 0.5) is 13.6 Å². The van der Waals surface area contributed by atoms with E-state index in [9.17, 15) is 13.6 Å². The molecule has 0 aromatic heterocycles. The highest BCUT2D eigenvalue weighted by Crippen LogP contribution is 2.23. The molecule has 1 aromatic carbocycles. The fraction of sp³-hybridized carbons (Fsp3) is 0.533. The fourth-order valence-electron chi connectivity index (χ4n) is 2.75. The van der Waals surface area contributed by atoms with Gasteiger partial charge in [0.1, 0.15) is 5.75 Å². The average Bonchev–Trinajstić information content (AvgIpc) is 2.48. The molecule has 0 aliphatic carbocycles. The molecule has 0 unspecified atom stereocenters. The topological polar surface area (TPSA) is 53.0 Å². The molecule has 5 nitrogen and oxygen atoms in total. The second-order valence-electron chi connectivity index (χ2n) is 5.26. The number of alkyl halides is 2. The normalized spacial score (nSPS) is 19.5. The lowest BCUT2D eigenvalue weighted by molar-refractivity contribution is -0.0509. The van der Waals surface area contributed by atoms with Gasteiger partial charge in [-0.3, -0.25) is 4.90 Å². The number of piperazine rings is 1. The van der Waals surface area contributed by atoms with E-state index >= 15 is 0 Å². The van der Waals surface area contributed by atoms with Crippen LogP contribution in [0.1, 0.15) is 18.9 Å². The zero-order valence-corrected chi connectivity index (χ0v) is 12.4. The molecule has 2 rings (SSSR count). The van der Waals surface area contributed by atoms with Crippen LogP contribution in [0.2, 0.25) is 0 Å². The summed E-state index contributed by atoms with van der Waals surface area (Å²) in [6, 6.07) is 6.63. The summed E-state index contributed by atoms with van der Waals surface area (Å²) in [7, 11) is 0. The van der Waals surface area contributed by atoms with Crippen molar-refractivity contribution >= 4 is 6.09 Å². The minimum atomic E-state index is -2.85. The van der Waals surface area contributed by atoms with Crippen molar-refractivity contribution in [2.24, 2.45) is 0 Å². The van der Waals surface area contributed by atoms with Gasteiger partial charge in [0, 0.05) is 37.8 Å². The molecular formula is C15H20F2N2O3. The smallest absolute Gasteiger partial charge is 0.407 e. The summed E-state index contributed by atoms with van der Waals surface area (Å²) in [6.07, 6.45) is -0.189. The molecule has 1 amide bonds. The molecule has 0 radical (unpaired) electrons. The van der Waals surface area contributed by atoms with E-state index in [0.29, 0.717) is 31.7 Å². The molecule has 1 atom stereocenters. The van der Waals surface area contributed by atoms with Crippen molar-refractivity contribution in [1.29, 1.82) is 0 Å². The number of hydrogen-bond donors (Lipinski definition) is 1. The van der Waals surface area contributed by atoms with E-state index in [2.05, 4.69) is 9.64 Å². The van der Waals surface area contributed by atoms with E-state index in [0.717, 1.165) is 6.42 Å². The van der Waals surface area contributed by atoms with Crippen molar-refractivity contribution in [1.82, 2.24) is 9.80 Å². The van der Waals surface area contributed by atoms with Gasteiger partial charge in [0.15, 0.2) is 0 Å². The first kappa shape index (κ1) is 16.5. The summed E-state index contributed by atoms with van der Waals surface area (Å²) in [5.41, 5.74) is 0.682. The predicted octanol–water partition coefficient (Wildman–Crippen LogP) is 2.86. The number of para-hydroxylation sites is 1. The minimum absolute atomic E-state index is 0.0746. The fourth-order valence-corrected chi connectivity index (χ4v) is 2.75. The van der Waals surface area contributed by atoms with Gasteiger partial charge in [-0.15, -0.1) is 0 Å². The number of hydrogen-bond acceptors (Lipinski definition) is 3. The maximum absolute atomic E-state index is 12.4. The summed E-state index contributed by atoms with van der Waals surface area (Å²) in [5, 5.41) is 9.16. The third-order valence-electron chi connectivity index (χ3n) is 3.87. The lowest BCUT2D eigenvalue weighted by Gasteiger charge is -2.39. The van der Waals surface area contributed by atoms with Crippen LogP contribution in [0.5, 0.6) is 5.75 Å². The molecule has 1 aromatic rings. The van der Waals surface area contributed by atoms with Gasteiger partial charge in [0.25, 0.3) is 0 Å². The summed E-state index contributed by atoms with van der Waals surface area (Å²) >= 11 is 0. The van der Waals surface area contributed by atoms with Crippen molar-refractivity contribution in [3.63, 3.8) is 0 Å². The third kappa shape index (κ3) is 4.07. The monoisotopic (exact) mass is 314 g/mol. The van der Waals surface area contributed by atoms with Crippen LogP contribution >= 0.6 is 0 Å². The minimum Gasteiger partial charge on any atom is -0.465 e. The molecule has 1 N–H and O–H groups in total. The van der Waals surface area contributed by atoms with Gasteiger partial charge in [-0.1, -0.05) is 25.1 Å². The first-order valence-electron chi connectivity index (χ1n) is 7.26. The Balaban J connectivity index is 2.04. The number of halogens is 2. The Morgan fingerprint density at radius 3 is 2.77 bits per heavy atom.